The van der Waals surface area contributed by atoms with Gasteiger partial charge in [-0.25, -0.2) is 4.98 Å². The van der Waals surface area contributed by atoms with Crippen molar-refractivity contribution >= 4 is 17.5 Å². The van der Waals surface area contributed by atoms with E-state index >= 15 is 0 Å². The van der Waals surface area contributed by atoms with E-state index in [1.54, 1.807) is 30.6 Å². The molecule has 0 bridgehead atoms. The lowest BCUT2D eigenvalue weighted by Crippen LogP contribution is -2.27. The van der Waals surface area contributed by atoms with Crippen LogP contribution >= 0.6 is 11.6 Å². The second kappa shape index (κ2) is 5.23. The first kappa shape index (κ1) is 12.6. The minimum atomic E-state index is -0.164. The van der Waals surface area contributed by atoms with Crippen molar-refractivity contribution in [1.29, 1.82) is 0 Å². The van der Waals surface area contributed by atoms with E-state index in [9.17, 15) is 4.79 Å². The van der Waals surface area contributed by atoms with Crippen molar-refractivity contribution in [1.82, 2.24) is 15.3 Å². The second-order valence-electron chi connectivity index (χ2n) is 4.13. The minimum Gasteiger partial charge on any atom is -0.347 e. The molecule has 0 saturated carbocycles. The number of hydrogen-bond acceptors (Lipinski definition) is 2. The number of H-pyrrole nitrogens is 1. The van der Waals surface area contributed by atoms with Gasteiger partial charge in [-0.3, -0.25) is 4.79 Å². The molecule has 0 aliphatic heterocycles. The molecule has 1 heterocycles. The second-order valence-corrected chi connectivity index (χ2v) is 4.57. The van der Waals surface area contributed by atoms with E-state index in [0.29, 0.717) is 10.6 Å². The molecule has 0 saturated heterocycles. The topological polar surface area (TPSA) is 57.8 Å². The number of aromatic nitrogens is 2. The first-order chi connectivity index (χ1) is 8.58. The van der Waals surface area contributed by atoms with E-state index < -0.39 is 0 Å². The zero-order valence-corrected chi connectivity index (χ0v) is 11.0. The highest BCUT2D eigenvalue weighted by molar-refractivity contribution is 6.30. The van der Waals surface area contributed by atoms with Crippen LogP contribution in [-0.4, -0.2) is 15.9 Å². The van der Waals surface area contributed by atoms with Gasteiger partial charge >= 0.3 is 0 Å². The van der Waals surface area contributed by atoms with Crippen molar-refractivity contribution in [2.75, 3.05) is 0 Å². The molecular weight excluding hydrogens is 250 g/mol. The van der Waals surface area contributed by atoms with Crippen molar-refractivity contribution in [2.45, 2.75) is 19.9 Å². The highest BCUT2D eigenvalue weighted by atomic mass is 35.5. The maximum Gasteiger partial charge on any atom is 0.252 e. The molecule has 4 nitrogen and oxygen atoms in total. The fourth-order valence-electron chi connectivity index (χ4n) is 1.74. The quantitative estimate of drug-likeness (QED) is 0.895. The predicted octanol–water partition coefficient (Wildman–Crippen LogP) is 2.86. The summed E-state index contributed by atoms with van der Waals surface area (Å²) in [6.45, 7) is 3.74. The maximum absolute atomic E-state index is 12.1. The first-order valence-electron chi connectivity index (χ1n) is 5.64. The Morgan fingerprint density at radius 1 is 1.50 bits per heavy atom. The van der Waals surface area contributed by atoms with Gasteiger partial charge in [0.1, 0.15) is 5.82 Å². The molecule has 2 aromatic rings. The molecule has 18 heavy (non-hydrogen) atoms. The third-order valence-corrected chi connectivity index (χ3v) is 2.95. The summed E-state index contributed by atoms with van der Waals surface area (Å²) in [6, 6.07) is 5.04. The van der Waals surface area contributed by atoms with Gasteiger partial charge in [0.25, 0.3) is 5.91 Å². The molecule has 0 radical (unpaired) electrons. The Morgan fingerprint density at radius 3 is 2.89 bits per heavy atom. The normalized spacial score (nSPS) is 12.2. The van der Waals surface area contributed by atoms with Gasteiger partial charge in [-0.05, 0) is 37.6 Å². The lowest BCUT2D eigenvalue weighted by atomic mass is 10.1. The Bertz CT molecular complexity index is 551. The lowest BCUT2D eigenvalue weighted by Gasteiger charge is -2.13. The van der Waals surface area contributed by atoms with E-state index in [1.807, 2.05) is 13.8 Å². The number of benzene rings is 1. The third kappa shape index (κ3) is 2.71. The number of carbonyl (C=O) groups excluding carboxylic acids is 1. The number of rotatable bonds is 3. The number of halogens is 1. The minimum absolute atomic E-state index is 0.131. The summed E-state index contributed by atoms with van der Waals surface area (Å²) in [6.07, 6.45) is 3.39. The molecule has 0 fully saturated rings. The highest BCUT2D eigenvalue weighted by Crippen LogP contribution is 2.16. The standard InChI is InChI=1S/C13H14ClN3O/c1-8-7-10(14)3-4-11(8)13(18)17-9(2)12-15-5-6-16-12/h3-7,9H,1-2H3,(H,15,16)(H,17,18). The van der Waals surface area contributed by atoms with Gasteiger partial charge in [-0.1, -0.05) is 11.6 Å². The van der Waals surface area contributed by atoms with Crippen LogP contribution in [0, 0.1) is 6.92 Å². The van der Waals surface area contributed by atoms with Gasteiger partial charge in [0.15, 0.2) is 0 Å². The molecule has 1 amide bonds. The molecule has 1 aromatic heterocycles. The number of aromatic amines is 1. The van der Waals surface area contributed by atoms with Gasteiger partial charge in [0.05, 0.1) is 6.04 Å². The number of nitrogens with zero attached hydrogens (tertiary/aromatic N) is 1. The SMILES string of the molecule is Cc1cc(Cl)ccc1C(=O)NC(C)c1ncc[nH]1. The summed E-state index contributed by atoms with van der Waals surface area (Å²) >= 11 is 5.86. The summed E-state index contributed by atoms with van der Waals surface area (Å²) in [5, 5.41) is 3.51. The Balaban J connectivity index is 2.12. The van der Waals surface area contributed by atoms with E-state index in [1.165, 1.54) is 0 Å². The van der Waals surface area contributed by atoms with E-state index in [4.69, 9.17) is 11.6 Å². The molecule has 1 aromatic carbocycles. The van der Waals surface area contributed by atoms with Crippen LogP contribution in [0.1, 0.15) is 34.7 Å². The monoisotopic (exact) mass is 263 g/mol. The zero-order valence-electron chi connectivity index (χ0n) is 10.2. The van der Waals surface area contributed by atoms with E-state index in [2.05, 4.69) is 15.3 Å². The number of imidazole rings is 1. The van der Waals surface area contributed by atoms with Crippen molar-refractivity contribution in [3.05, 3.63) is 52.6 Å². The summed E-state index contributed by atoms with van der Waals surface area (Å²) in [5.74, 6) is 0.600. The highest BCUT2D eigenvalue weighted by Gasteiger charge is 2.14. The number of nitrogens with one attached hydrogen (secondary N) is 2. The molecule has 0 aliphatic carbocycles. The third-order valence-electron chi connectivity index (χ3n) is 2.71. The molecule has 2 N–H and O–H groups in total. The number of carbonyl (C=O) groups is 1. The molecule has 1 unspecified atom stereocenters. The largest absolute Gasteiger partial charge is 0.347 e. The van der Waals surface area contributed by atoms with Crippen LogP contribution in [0.2, 0.25) is 5.02 Å². The van der Waals surface area contributed by atoms with Crippen molar-refractivity contribution in [2.24, 2.45) is 0 Å². The van der Waals surface area contributed by atoms with Crippen LogP contribution in [-0.2, 0) is 0 Å². The molecule has 1 atom stereocenters. The van der Waals surface area contributed by atoms with Gasteiger partial charge in [0, 0.05) is 23.0 Å². The van der Waals surface area contributed by atoms with Crippen LogP contribution < -0.4 is 5.32 Å². The summed E-state index contributed by atoms with van der Waals surface area (Å²) in [7, 11) is 0. The molecule has 5 heteroatoms. The fraction of sp³-hybridized carbons (Fsp3) is 0.231. The molecule has 2 rings (SSSR count). The molecule has 94 valence electrons. The number of aryl methyl sites for hydroxylation is 1. The van der Waals surface area contributed by atoms with Crippen LogP contribution in [0.25, 0.3) is 0 Å². The number of hydrogen-bond donors (Lipinski definition) is 2. The van der Waals surface area contributed by atoms with Crippen LogP contribution in [0.3, 0.4) is 0 Å². The smallest absolute Gasteiger partial charge is 0.252 e. The summed E-state index contributed by atoms with van der Waals surface area (Å²) in [5.41, 5.74) is 1.48. The van der Waals surface area contributed by atoms with E-state index in [0.717, 1.165) is 11.4 Å². The van der Waals surface area contributed by atoms with Gasteiger partial charge in [-0.15, -0.1) is 0 Å². The predicted molar refractivity (Wildman–Crippen MR) is 70.7 cm³/mol. The average Bonchev–Trinajstić information content (AvgIpc) is 2.81. The lowest BCUT2D eigenvalue weighted by molar-refractivity contribution is 0.0938. The van der Waals surface area contributed by atoms with Gasteiger partial charge in [-0.2, -0.15) is 0 Å². The average molecular weight is 264 g/mol. The Kier molecular flexibility index (Phi) is 3.67. The zero-order chi connectivity index (χ0) is 13.1. The van der Waals surface area contributed by atoms with Gasteiger partial charge in [0.2, 0.25) is 0 Å². The van der Waals surface area contributed by atoms with Crippen molar-refractivity contribution < 1.29 is 4.79 Å². The fourth-order valence-corrected chi connectivity index (χ4v) is 1.97. The van der Waals surface area contributed by atoms with Crippen LogP contribution in [0.15, 0.2) is 30.6 Å². The van der Waals surface area contributed by atoms with Crippen molar-refractivity contribution in [3.63, 3.8) is 0 Å². The molecule has 0 spiro atoms. The van der Waals surface area contributed by atoms with Crippen molar-refractivity contribution in [3.8, 4) is 0 Å². The summed E-state index contributed by atoms with van der Waals surface area (Å²) in [4.78, 5) is 19.2. The van der Waals surface area contributed by atoms with Crippen LogP contribution in [0.5, 0.6) is 0 Å². The molecule has 0 aliphatic rings. The number of amides is 1. The first-order valence-corrected chi connectivity index (χ1v) is 6.02. The Labute approximate surface area is 110 Å². The van der Waals surface area contributed by atoms with E-state index in [-0.39, 0.29) is 11.9 Å². The Hall–Kier alpha value is -1.81. The van der Waals surface area contributed by atoms with Gasteiger partial charge < -0.3 is 10.3 Å². The Morgan fingerprint density at radius 2 is 2.28 bits per heavy atom. The maximum atomic E-state index is 12.1. The summed E-state index contributed by atoms with van der Waals surface area (Å²) < 4.78 is 0. The van der Waals surface area contributed by atoms with Crippen LogP contribution in [0.4, 0.5) is 0 Å². The molecular formula is C13H14ClN3O.